The molecule has 0 saturated carbocycles. The van der Waals surface area contributed by atoms with Crippen molar-refractivity contribution < 1.29 is 4.74 Å². The van der Waals surface area contributed by atoms with Crippen LogP contribution in [0.25, 0.3) is 6.08 Å². The fraction of sp³-hybridized carbons (Fsp3) is 0.0667. The normalized spacial score (nSPS) is 10.8. The molecule has 0 atom stereocenters. The summed E-state index contributed by atoms with van der Waals surface area (Å²) < 4.78 is 6.41. The molecule has 0 amide bonds. The van der Waals surface area contributed by atoms with Crippen molar-refractivity contribution in [1.82, 2.24) is 4.98 Å². The number of hydrogen-bond acceptors (Lipinski definition) is 3. The van der Waals surface area contributed by atoms with Crippen LogP contribution in [-0.2, 0) is 0 Å². The molecule has 0 fully saturated rings. The summed E-state index contributed by atoms with van der Waals surface area (Å²) in [7, 11) is 0. The number of ether oxygens (including phenoxy) is 1. The Hall–Kier alpha value is -2.12. The van der Waals surface area contributed by atoms with Gasteiger partial charge in [-0.1, -0.05) is 52.3 Å². The zero-order valence-corrected chi connectivity index (χ0v) is 11.7. The first-order valence-electron chi connectivity index (χ1n) is 5.69. The fourth-order valence-electron chi connectivity index (χ4n) is 1.47. The van der Waals surface area contributed by atoms with Crippen LogP contribution >= 0.6 is 15.9 Å². The predicted molar refractivity (Wildman–Crippen MR) is 77.8 cm³/mol. The average molecular weight is 315 g/mol. The smallest absolute Gasteiger partial charge is 0.214 e. The van der Waals surface area contributed by atoms with E-state index in [9.17, 15) is 0 Å². The molecule has 3 nitrogen and oxygen atoms in total. The molecule has 94 valence electrons. The van der Waals surface area contributed by atoms with Gasteiger partial charge in [-0.05, 0) is 17.7 Å². The van der Waals surface area contributed by atoms with Gasteiger partial charge in [0.15, 0.2) is 0 Å². The molecule has 19 heavy (non-hydrogen) atoms. The van der Waals surface area contributed by atoms with Gasteiger partial charge in [-0.25, -0.2) is 4.98 Å². The molecule has 0 aliphatic carbocycles. The van der Waals surface area contributed by atoms with Crippen molar-refractivity contribution in [3.05, 3.63) is 64.3 Å². The Bertz CT molecular complexity index is 618. The molecule has 1 heterocycles. The summed E-state index contributed by atoms with van der Waals surface area (Å²) in [6, 6.07) is 17.0. The summed E-state index contributed by atoms with van der Waals surface area (Å²) in [6.07, 6.45) is 1.98. The van der Waals surface area contributed by atoms with E-state index in [1.54, 1.807) is 18.2 Å². The van der Waals surface area contributed by atoms with Crippen LogP contribution in [-0.4, -0.2) is 11.6 Å². The molecular formula is C15H11BrN2O. The largest absolute Gasteiger partial charge is 0.472 e. The van der Waals surface area contributed by atoms with Crippen LogP contribution in [0.15, 0.2) is 53.0 Å². The Balaban J connectivity index is 1.99. The lowest BCUT2D eigenvalue weighted by Crippen LogP contribution is -1.99. The number of aromatic nitrogens is 1. The lowest BCUT2D eigenvalue weighted by molar-refractivity contribution is 0.346. The summed E-state index contributed by atoms with van der Waals surface area (Å²) in [5.41, 5.74) is 1.44. The van der Waals surface area contributed by atoms with Gasteiger partial charge in [0.2, 0.25) is 5.88 Å². The van der Waals surface area contributed by atoms with Crippen LogP contribution in [0.5, 0.6) is 5.88 Å². The second-order valence-electron chi connectivity index (χ2n) is 3.76. The molecule has 4 heteroatoms. The molecule has 0 bridgehead atoms. The number of benzene rings is 1. The van der Waals surface area contributed by atoms with E-state index < -0.39 is 0 Å². The molecule has 0 saturated heterocycles. The van der Waals surface area contributed by atoms with Crippen LogP contribution in [0.4, 0.5) is 0 Å². The third-order valence-electron chi connectivity index (χ3n) is 2.32. The highest BCUT2D eigenvalue weighted by atomic mass is 79.9. The maximum absolute atomic E-state index is 8.75. The molecule has 0 radical (unpaired) electrons. The van der Waals surface area contributed by atoms with E-state index >= 15 is 0 Å². The van der Waals surface area contributed by atoms with E-state index in [1.165, 1.54) is 0 Å². The fourth-order valence-corrected chi connectivity index (χ4v) is 1.85. The van der Waals surface area contributed by atoms with E-state index in [1.807, 2.05) is 42.5 Å². The molecule has 0 N–H and O–H groups in total. The summed E-state index contributed by atoms with van der Waals surface area (Å²) >= 11 is 3.45. The topological polar surface area (TPSA) is 45.9 Å². The van der Waals surface area contributed by atoms with Crippen molar-refractivity contribution in [2.75, 3.05) is 6.61 Å². The second kappa shape index (κ2) is 6.72. The minimum absolute atomic E-state index is 0.348. The highest BCUT2D eigenvalue weighted by molar-refractivity contribution is 9.11. The van der Waals surface area contributed by atoms with Gasteiger partial charge in [-0.15, -0.1) is 0 Å². The predicted octanol–water partition coefficient (Wildman–Crippen LogP) is 3.77. The Labute approximate surface area is 120 Å². The molecule has 0 aliphatic heterocycles. The summed E-state index contributed by atoms with van der Waals surface area (Å²) in [5.74, 6) is 0.442. The summed E-state index contributed by atoms with van der Waals surface area (Å²) in [4.78, 5) is 4.04. The molecule has 0 unspecified atom stereocenters. The summed E-state index contributed by atoms with van der Waals surface area (Å²) in [6.45, 7) is 0.372. The number of rotatable bonds is 4. The monoisotopic (exact) mass is 314 g/mol. The first-order valence-corrected chi connectivity index (χ1v) is 6.48. The lowest BCUT2D eigenvalue weighted by atomic mass is 10.2. The van der Waals surface area contributed by atoms with Gasteiger partial charge in [-0.3, -0.25) is 0 Å². The zero-order chi connectivity index (χ0) is 13.5. The molecule has 1 aromatic heterocycles. The van der Waals surface area contributed by atoms with Gasteiger partial charge >= 0.3 is 0 Å². The molecule has 2 rings (SSSR count). The van der Waals surface area contributed by atoms with Gasteiger partial charge < -0.3 is 4.74 Å². The van der Waals surface area contributed by atoms with Crippen LogP contribution < -0.4 is 4.74 Å². The molecule has 1 aromatic carbocycles. The SMILES string of the molecule is N#Cc1cccc(OC/C(Br)=C/c2ccccc2)n1. The Morgan fingerprint density at radius 1 is 1.21 bits per heavy atom. The van der Waals surface area contributed by atoms with E-state index in [0.717, 1.165) is 10.0 Å². The van der Waals surface area contributed by atoms with Crippen molar-refractivity contribution >= 4 is 22.0 Å². The van der Waals surface area contributed by atoms with Crippen molar-refractivity contribution in [1.29, 1.82) is 5.26 Å². The summed E-state index contributed by atoms with van der Waals surface area (Å²) in [5, 5.41) is 8.75. The highest BCUT2D eigenvalue weighted by Gasteiger charge is 1.99. The maximum atomic E-state index is 8.75. The second-order valence-corrected chi connectivity index (χ2v) is 4.78. The number of nitrogens with zero attached hydrogens (tertiary/aromatic N) is 2. The highest BCUT2D eigenvalue weighted by Crippen LogP contribution is 2.14. The van der Waals surface area contributed by atoms with E-state index in [4.69, 9.17) is 10.00 Å². The zero-order valence-electron chi connectivity index (χ0n) is 10.1. The van der Waals surface area contributed by atoms with E-state index in [2.05, 4.69) is 20.9 Å². The molecular weight excluding hydrogens is 304 g/mol. The van der Waals surface area contributed by atoms with Gasteiger partial charge in [0, 0.05) is 10.5 Å². The van der Waals surface area contributed by atoms with Crippen LogP contribution in [0.3, 0.4) is 0 Å². The Morgan fingerprint density at radius 3 is 2.74 bits per heavy atom. The molecule has 2 aromatic rings. The quantitative estimate of drug-likeness (QED) is 0.863. The Morgan fingerprint density at radius 2 is 2.00 bits per heavy atom. The van der Waals surface area contributed by atoms with E-state index in [-0.39, 0.29) is 0 Å². The molecule has 0 aliphatic rings. The van der Waals surface area contributed by atoms with Gasteiger partial charge in [-0.2, -0.15) is 5.26 Å². The van der Waals surface area contributed by atoms with Gasteiger partial charge in [0.1, 0.15) is 18.4 Å². The van der Waals surface area contributed by atoms with Crippen molar-refractivity contribution in [3.63, 3.8) is 0 Å². The number of hydrogen-bond donors (Lipinski definition) is 0. The number of halogens is 1. The third-order valence-corrected chi connectivity index (χ3v) is 2.78. The van der Waals surface area contributed by atoms with Crippen LogP contribution in [0.2, 0.25) is 0 Å². The number of pyridine rings is 1. The minimum atomic E-state index is 0.348. The third kappa shape index (κ3) is 4.23. The van der Waals surface area contributed by atoms with Crippen LogP contribution in [0.1, 0.15) is 11.3 Å². The standard InChI is InChI=1S/C15H11BrN2O/c16-13(9-12-5-2-1-3-6-12)11-19-15-8-4-7-14(10-17)18-15/h1-9H,11H2/b13-9-. The van der Waals surface area contributed by atoms with Gasteiger partial charge in [0.05, 0.1) is 0 Å². The van der Waals surface area contributed by atoms with Gasteiger partial charge in [0.25, 0.3) is 0 Å². The van der Waals surface area contributed by atoms with Crippen molar-refractivity contribution in [2.45, 2.75) is 0 Å². The molecule has 0 spiro atoms. The maximum Gasteiger partial charge on any atom is 0.214 e. The van der Waals surface area contributed by atoms with E-state index in [0.29, 0.717) is 18.2 Å². The van der Waals surface area contributed by atoms with Crippen molar-refractivity contribution in [2.24, 2.45) is 0 Å². The first kappa shape index (κ1) is 13.3. The first-order chi connectivity index (χ1) is 9.28. The average Bonchev–Trinajstić information content (AvgIpc) is 2.46. The number of nitriles is 1. The Kier molecular flexibility index (Phi) is 4.71. The van der Waals surface area contributed by atoms with Crippen LogP contribution in [0, 0.1) is 11.3 Å². The van der Waals surface area contributed by atoms with Crippen molar-refractivity contribution in [3.8, 4) is 11.9 Å². The minimum Gasteiger partial charge on any atom is -0.472 e. The lowest BCUT2D eigenvalue weighted by Gasteiger charge is -2.04.